The average Bonchev–Trinajstić information content (AvgIpc) is 3.24. The number of aromatic nitrogens is 5. The van der Waals surface area contributed by atoms with Crippen LogP contribution in [0.3, 0.4) is 0 Å². The summed E-state index contributed by atoms with van der Waals surface area (Å²) in [7, 11) is 0. The van der Waals surface area contributed by atoms with E-state index < -0.39 is 5.97 Å². The van der Waals surface area contributed by atoms with Crippen molar-refractivity contribution in [3.8, 4) is 22.8 Å². The molecule has 0 saturated heterocycles. The van der Waals surface area contributed by atoms with Crippen LogP contribution >= 0.6 is 0 Å². The summed E-state index contributed by atoms with van der Waals surface area (Å²) in [6.07, 6.45) is 1.35. The van der Waals surface area contributed by atoms with Gasteiger partial charge in [0, 0.05) is 17.8 Å². The molecule has 0 aliphatic carbocycles. The molecule has 0 fully saturated rings. The normalized spacial score (nSPS) is 11.4. The molecule has 0 aliphatic rings. The molecule has 0 spiro atoms. The molecule has 4 aromatic rings. The lowest BCUT2D eigenvalue weighted by molar-refractivity contribution is 0.0698. The Morgan fingerprint density at radius 2 is 1.93 bits per heavy atom. The number of imidazole rings is 1. The fourth-order valence-electron chi connectivity index (χ4n) is 3.09. The minimum Gasteiger partial charge on any atom is -0.478 e. The summed E-state index contributed by atoms with van der Waals surface area (Å²) in [5, 5.41) is 17.1. The summed E-state index contributed by atoms with van der Waals surface area (Å²) in [6.45, 7) is 3.84. The van der Waals surface area contributed by atoms with E-state index in [9.17, 15) is 9.90 Å². The standard InChI is InChI=1S/C18H16N6O3/c1-9(2)24-15-11(18(25)26)8-20-12(10-6-4-3-5-7-10)13(15)21-17(24)14-16(19)23-27-22-14/h3-9H,1-2H3,(H2,19,23)(H,25,26). The van der Waals surface area contributed by atoms with E-state index in [1.807, 2.05) is 44.2 Å². The molecule has 1 aromatic carbocycles. The van der Waals surface area contributed by atoms with E-state index in [-0.39, 0.29) is 23.1 Å². The Hall–Kier alpha value is -3.75. The van der Waals surface area contributed by atoms with Gasteiger partial charge in [0.25, 0.3) is 0 Å². The van der Waals surface area contributed by atoms with E-state index in [1.54, 1.807) is 4.57 Å². The second kappa shape index (κ2) is 6.20. The fraction of sp³-hybridized carbons (Fsp3) is 0.167. The highest BCUT2D eigenvalue weighted by Crippen LogP contribution is 2.35. The number of anilines is 1. The molecule has 0 atom stereocenters. The van der Waals surface area contributed by atoms with Gasteiger partial charge < -0.3 is 15.4 Å². The molecular weight excluding hydrogens is 348 g/mol. The largest absolute Gasteiger partial charge is 0.478 e. The first-order valence-electron chi connectivity index (χ1n) is 8.27. The van der Waals surface area contributed by atoms with Crippen molar-refractivity contribution in [1.82, 2.24) is 24.8 Å². The van der Waals surface area contributed by atoms with Crippen molar-refractivity contribution < 1.29 is 14.5 Å². The molecular formula is C18H16N6O3. The Morgan fingerprint density at radius 1 is 1.19 bits per heavy atom. The molecule has 0 aliphatic heterocycles. The zero-order valence-corrected chi connectivity index (χ0v) is 14.6. The summed E-state index contributed by atoms with van der Waals surface area (Å²) in [6, 6.07) is 9.32. The van der Waals surface area contributed by atoms with Crippen molar-refractivity contribution in [3.63, 3.8) is 0 Å². The van der Waals surface area contributed by atoms with E-state index in [4.69, 9.17) is 10.4 Å². The van der Waals surface area contributed by atoms with Crippen LogP contribution in [0.1, 0.15) is 30.2 Å². The number of rotatable bonds is 4. The maximum Gasteiger partial charge on any atom is 0.339 e. The predicted molar refractivity (Wildman–Crippen MR) is 98.0 cm³/mol. The van der Waals surface area contributed by atoms with Gasteiger partial charge in [-0.1, -0.05) is 30.3 Å². The molecule has 0 amide bonds. The quantitative estimate of drug-likeness (QED) is 0.564. The Labute approximate surface area is 153 Å². The number of aromatic carboxylic acids is 1. The van der Waals surface area contributed by atoms with Gasteiger partial charge in [0.05, 0.1) is 11.2 Å². The predicted octanol–water partition coefficient (Wildman–Crippen LogP) is 3.01. The van der Waals surface area contributed by atoms with Gasteiger partial charge in [-0.25, -0.2) is 14.4 Å². The summed E-state index contributed by atoms with van der Waals surface area (Å²) in [5.41, 5.74) is 8.46. The van der Waals surface area contributed by atoms with Crippen molar-refractivity contribution in [2.24, 2.45) is 0 Å². The first-order valence-corrected chi connectivity index (χ1v) is 8.27. The van der Waals surface area contributed by atoms with Crippen LogP contribution in [0.15, 0.2) is 41.2 Å². The highest BCUT2D eigenvalue weighted by atomic mass is 16.6. The maximum absolute atomic E-state index is 11.8. The molecule has 3 aromatic heterocycles. The highest BCUT2D eigenvalue weighted by molar-refractivity contribution is 6.05. The third-order valence-corrected chi connectivity index (χ3v) is 4.23. The van der Waals surface area contributed by atoms with E-state index >= 15 is 0 Å². The van der Waals surface area contributed by atoms with Crippen LogP contribution in [0.2, 0.25) is 0 Å². The first kappa shape index (κ1) is 16.7. The molecule has 27 heavy (non-hydrogen) atoms. The fourth-order valence-corrected chi connectivity index (χ4v) is 3.09. The van der Waals surface area contributed by atoms with Crippen LogP contribution in [0.25, 0.3) is 33.8 Å². The van der Waals surface area contributed by atoms with Gasteiger partial charge in [-0.3, -0.25) is 4.98 Å². The lowest BCUT2D eigenvalue weighted by Crippen LogP contribution is -2.08. The molecule has 136 valence electrons. The number of hydrogen-bond donors (Lipinski definition) is 2. The highest BCUT2D eigenvalue weighted by Gasteiger charge is 2.26. The number of pyridine rings is 1. The van der Waals surface area contributed by atoms with Gasteiger partial charge >= 0.3 is 5.97 Å². The van der Waals surface area contributed by atoms with Crippen LogP contribution in [0.4, 0.5) is 5.82 Å². The summed E-state index contributed by atoms with van der Waals surface area (Å²) in [5.74, 6) is -0.628. The van der Waals surface area contributed by atoms with Crippen LogP contribution < -0.4 is 5.73 Å². The van der Waals surface area contributed by atoms with Crippen molar-refractivity contribution in [2.75, 3.05) is 5.73 Å². The van der Waals surface area contributed by atoms with Crippen LogP contribution in [-0.2, 0) is 0 Å². The molecule has 0 unspecified atom stereocenters. The Balaban J connectivity index is 2.15. The monoisotopic (exact) mass is 364 g/mol. The van der Waals surface area contributed by atoms with Crippen molar-refractivity contribution >= 4 is 22.8 Å². The molecule has 0 radical (unpaired) electrons. The average molecular weight is 364 g/mol. The number of carboxylic acids is 1. The molecule has 0 bridgehead atoms. The van der Waals surface area contributed by atoms with Gasteiger partial charge in [0.1, 0.15) is 11.1 Å². The minimum absolute atomic E-state index is 0.0483. The summed E-state index contributed by atoms with van der Waals surface area (Å²) >= 11 is 0. The van der Waals surface area contributed by atoms with Gasteiger partial charge in [-0.15, -0.1) is 0 Å². The Morgan fingerprint density at radius 3 is 2.52 bits per heavy atom. The van der Waals surface area contributed by atoms with Crippen LogP contribution in [0.5, 0.6) is 0 Å². The van der Waals surface area contributed by atoms with Gasteiger partial charge in [-0.2, -0.15) is 0 Å². The second-order valence-corrected chi connectivity index (χ2v) is 6.29. The van der Waals surface area contributed by atoms with Gasteiger partial charge in [-0.05, 0) is 24.2 Å². The Bertz CT molecular complexity index is 1150. The third kappa shape index (κ3) is 2.60. The molecule has 3 N–H and O–H groups in total. The molecule has 4 rings (SSSR count). The minimum atomic E-state index is -1.09. The third-order valence-electron chi connectivity index (χ3n) is 4.23. The SMILES string of the molecule is CC(C)n1c(-c2nonc2N)nc2c(-c3ccccc3)ncc(C(=O)O)c21. The number of nitrogens with two attached hydrogens (primary N) is 1. The molecule has 0 saturated carbocycles. The number of nitrogens with zero attached hydrogens (tertiary/aromatic N) is 5. The van der Waals surface area contributed by atoms with Crippen molar-refractivity contribution in [1.29, 1.82) is 0 Å². The van der Waals surface area contributed by atoms with Gasteiger partial charge in [0.2, 0.25) is 0 Å². The lowest BCUT2D eigenvalue weighted by atomic mass is 10.1. The first-order chi connectivity index (χ1) is 13.0. The van der Waals surface area contributed by atoms with Gasteiger partial charge in [0.15, 0.2) is 17.3 Å². The number of nitrogen functional groups attached to an aromatic ring is 1. The topological polar surface area (TPSA) is 133 Å². The number of benzene rings is 1. The summed E-state index contributed by atoms with van der Waals surface area (Å²) < 4.78 is 6.48. The van der Waals surface area contributed by atoms with Crippen LogP contribution in [-0.4, -0.2) is 35.9 Å². The number of fused-ring (bicyclic) bond motifs is 1. The number of carbonyl (C=O) groups is 1. The molecule has 9 nitrogen and oxygen atoms in total. The van der Waals surface area contributed by atoms with Crippen molar-refractivity contribution in [2.45, 2.75) is 19.9 Å². The lowest BCUT2D eigenvalue weighted by Gasteiger charge is -2.13. The van der Waals surface area contributed by atoms with Crippen LogP contribution in [0, 0.1) is 0 Å². The maximum atomic E-state index is 11.8. The second-order valence-electron chi connectivity index (χ2n) is 6.29. The zero-order valence-electron chi connectivity index (χ0n) is 14.6. The molecule has 9 heteroatoms. The number of hydrogen-bond acceptors (Lipinski definition) is 7. The van der Waals surface area contributed by atoms with E-state index in [0.29, 0.717) is 22.6 Å². The van der Waals surface area contributed by atoms with Crippen molar-refractivity contribution in [3.05, 3.63) is 42.1 Å². The van der Waals surface area contributed by atoms with E-state index in [2.05, 4.69) is 20.3 Å². The Kier molecular flexibility index (Phi) is 3.84. The molecule has 3 heterocycles. The smallest absolute Gasteiger partial charge is 0.339 e. The summed E-state index contributed by atoms with van der Waals surface area (Å²) in [4.78, 5) is 20.9. The van der Waals surface area contributed by atoms with E-state index in [1.165, 1.54) is 6.20 Å². The number of carboxylic acid groups (broad SMARTS) is 1. The van der Waals surface area contributed by atoms with E-state index in [0.717, 1.165) is 5.56 Å². The zero-order chi connectivity index (χ0) is 19.1.